The summed E-state index contributed by atoms with van der Waals surface area (Å²) in [4.78, 5) is 24.3. The second kappa shape index (κ2) is 4.99. The van der Waals surface area contributed by atoms with Crippen LogP contribution in [0.3, 0.4) is 0 Å². The Balaban J connectivity index is 2.62. The van der Waals surface area contributed by atoms with E-state index in [-0.39, 0.29) is 23.8 Å². The SMILES string of the molecule is CC(C)(CCO)CN1C(=O)CSCC1=O. The van der Waals surface area contributed by atoms with Crippen molar-refractivity contribution in [1.29, 1.82) is 0 Å². The van der Waals surface area contributed by atoms with Crippen molar-refractivity contribution in [2.75, 3.05) is 24.7 Å². The molecule has 0 atom stereocenters. The van der Waals surface area contributed by atoms with Crippen LogP contribution in [0.4, 0.5) is 0 Å². The molecule has 0 aromatic heterocycles. The van der Waals surface area contributed by atoms with E-state index in [2.05, 4.69) is 0 Å². The van der Waals surface area contributed by atoms with Crippen LogP contribution in [0.1, 0.15) is 20.3 Å². The van der Waals surface area contributed by atoms with E-state index in [4.69, 9.17) is 5.11 Å². The van der Waals surface area contributed by atoms with Crippen LogP contribution in [0.15, 0.2) is 0 Å². The fourth-order valence-electron chi connectivity index (χ4n) is 1.51. The van der Waals surface area contributed by atoms with E-state index in [9.17, 15) is 9.59 Å². The van der Waals surface area contributed by atoms with Crippen LogP contribution in [0.5, 0.6) is 0 Å². The number of amides is 2. The zero-order chi connectivity index (χ0) is 11.5. The minimum absolute atomic E-state index is 0.0813. The maximum Gasteiger partial charge on any atom is 0.239 e. The van der Waals surface area contributed by atoms with Crippen LogP contribution in [-0.2, 0) is 9.59 Å². The van der Waals surface area contributed by atoms with Gasteiger partial charge in [0.15, 0.2) is 0 Å². The monoisotopic (exact) mass is 231 g/mol. The Morgan fingerprint density at radius 2 is 1.87 bits per heavy atom. The summed E-state index contributed by atoms with van der Waals surface area (Å²) >= 11 is 1.36. The molecule has 86 valence electrons. The molecule has 1 aliphatic heterocycles. The predicted molar refractivity (Wildman–Crippen MR) is 59.5 cm³/mol. The van der Waals surface area contributed by atoms with E-state index in [1.54, 1.807) is 0 Å². The number of hydrogen-bond donors (Lipinski definition) is 1. The van der Waals surface area contributed by atoms with E-state index < -0.39 is 0 Å². The molecule has 4 nitrogen and oxygen atoms in total. The highest BCUT2D eigenvalue weighted by molar-refractivity contribution is 8.00. The maximum atomic E-state index is 11.5. The third-order valence-electron chi connectivity index (χ3n) is 2.43. The minimum Gasteiger partial charge on any atom is -0.396 e. The molecule has 5 heteroatoms. The number of carbonyl (C=O) groups excluding carboxylic acids is 2. The zero-order valence-corrected chi connectivity index (χ0v) is 9.97. The highest BCUT2D eigenvalue weighted by atomic mass is 32.2. The largest absolute Gasteiger partial charge is 0.396 e. The Morgan fingerprint density at radius 3 is 2.33 bits per heavy atom. The fraction of sp³-hybridized carbons (Fsp3) is 0.800. The summed E-state index contributed by atoms with van der Waals surface area (Å²) in [5, 5.41) is 8.87. The predicted octanol–water partition coefficient (Wildman–Crippen LogP) is 0.497. The van der Waals surface area contributed by atoms with Crippen molar-refractivity contribution in [3.8, 4) is 0 Å². The highest BCUT2D eigenvalue weighted by Crippen LogP contribution is 2.24. The topological polar surface area (TPSA) is 57.6 Å². The van der Waals surface area contributed by atoms with Crippen molar-refractivity contribution in [2.45, 2.75) is 20.3 Å². The van der Waals surface area contributed by atoms with Crippen molar-refractivity contribution >= 4 is 23.6 Å². The lowest BCUT2D eigenvalue weighted by Crippen LogP contribution is -2.47. The van der Waals surface area contributed by atoms with Gasteiger partial charge in [0.25, 0.3) is 0 Å². The van der Waals surface area contributed by atoms with Crippen LogP contribution >= 0.6 is 11.8 Å². The summed E-state index contributed by atoms with van der Waals surface area (Å²) in [5.41, 5.74) is -0.206. The van der Waals surface area contributed by atoms with Crippen LogP contribution in [-0.4, -0.2) is 46.5 Å². The number of imide groups is 1. The van der Waals surface area contributed by atoms with Gasteiger partial charge in [-0.1, -0.05) is 13.8 Å². The molecule has 0 radical (unpaired) electrons. The van der Waals surface area contributed by atoms with E-state index in [1.165, 1.54) is 16.7 Å². The number of aliphatic hydroxyl groups excluding tert-OH is 1. The number of aliphatic hydroxyl groups is 1. The molecule has 0 aromatic carbocycles. The van der Waals surface area contributed by atoms with Gasteiger partial charge in [-0.05, 0) is 11.8 Å². The molecule has 15 heavy (non-hydrogen) atoms. The molecule has 1 rings (SSSR count). The van der Waals surface area contributed by atoms with Crippen molar-refractivity contribution in [1.82, 2.24) is 4.90 Å². The van der Waals surface area contributed by atoms with Crippen molar-refractivity contribution < 1.29 is 14.7 Å². The summed E-state index contributed by atoms with van der Waals surface area (Å²) in [5.74, 6) is 0.562. The fourth-order valence-corrected chi connectivity index (χ4v) is 2.27. The highest BCUT2D eigenvalue weighted by Gasteiger charge is 2.31. The Kier molecular flexibility index (Phi) is 4.16. The molecule has 2 amide bonds. The van der Waals surface area contributed by atoms with Gasteiger partial charge in [-0.25, -0.2) is 0 Å². The third-order valence-corrected chi connectivity index (χ3v) is 3.33. The summed E-state index contributed by atoms with van der Waals surface area (Å²) in [6.07, 6.45) is 0.594. The van der Waals surface area contributed by atoms with Crippen molar-refractivity contribution in [2.24, 2.45) is 5.41 Å². The molecule has 0 saturated carbocycles. The molecule has 0 aromatic rings. The quantitative estimate of drug-likeness (QED) is 0.716. The molecular formula is C10H17NO3S. The molecule has 1 heterocycles. The lowest BCUT2D eigenvalue weighted by molar-refractivity contribution is -0.144. The smallest absolute Gasteiger partial charge is 0.239 e. The molecule has 0 unspecified atom stereocenters. The van der Waals surface area contributed by atoms with E-state index in [1.807, 2.05) is 13.8 Å². The van der Waals surface area contributed by atoms with Crippen LogP contribution < -0.4 is 0 Å². The molecule has 0 aliphatic carbocycles. The van der Waals surface area contributed by atoms with Gasteiger partial charge >= 0.3 is 0 Å². The number of thioether (sulfide) groups is 1. The Morgan fingerprint density at radius 1 is 1.33 bits per heavy atom. The van der Waals surface area contributed by atoms with E-state index in [0.717, 1.165) is 0 Å². The molecule has 1 N–H and O–H groups in total. The van der Waals surface area contributed by atoms with Crippen LogP contribution in [0.2, 0.25) is 0 Å². The molecule has 0 spiro atoms. The van der Waals surface area contributed by atoms with Crippen LogP contribution in [0.25, 0.3) is 0 Å². The average molecular weight is 231 g/mol. The third kappa shape index (κ3) is 3.50. The molecule has 0 bridgehead atoms. The number of hydrogen-bond acceptors (Lipinski definition) is 4. The Hall–Kier alpha value is -0.550. The van der Waals surface area contributed by atoms with Crippen LogP contribution in [0, 0.1) is 5.41 Å². The molecule has 1 aliphatic rings. The van der Waals surface area contributed by atoms with Gasteiger partial charge in [0.05, 0.1) is 11.5 Å². The van der Waals surface area contributed by atoms with Gasteiger partial charge in [-0.3, -0.25) is 14.5 Å². The number of rotatable bonds is 4. The Bertz CT molecular complexity index is 249. The molecule has 1 fully saturated rings. The van der Waals surface area contributed by atoms with Crippen molar-refractivity contribution in [3.63, 3.8) is 0 Å². The Labute approximate surface area is 94.0 Å². The van der Waals surface area contributed by atoms with Gasteiger partial charge in [0.2, 0.25) is 11.8 Å². The lowest BCUT2D eigenvalue weighted by Gasteiger charge is -2.33. The van der Waals surface area contributed by atoms with Crippen molar-refractivity contribution in [3.05, 3.63) is 0 Å². The number of nitrogens with zero attached hydrogens (tertiary/aromatic N) is 1. The summed E-state index contributed by atoms with van der Waals surface area (Å²) in [7, 11) is 0. The number of carbonyl (C=O) groups is 2. The van der Waals surface area contributed by atoms with Gasteiger partial charge in [0, 0.05) is 13.2 Å². The lowest BCUT2D eigenvalue weighted by atomic mass is 9.89. The second-order valence-corrected chi connectivity index (χ2v) is 5.49. The van der Waals surface area contributed by atoms with E-state index in [0.29, 0.717) is 24.5 Å². The van der Waals surface area contributed by atoms with Gasteiger partial charge in [0.1, 0.15) is 0 Å². The van der Waals surface area contributed by atoms with Gasteiger partial charge < -0.3 is 5.11 Å². The second-order valence-electron chi connectivity index (χ2n) is 4.50. The first-order valence-corrected chi connectivity index (χ1v) is 6.13. The first-order chi connectivity index (χ1) is 6.96. The zero-order valence-electron chi connectivity index (χ0n) is 9.15. The summed E-state index contributed by atoms with van der Waals surface area (Å²) in [6, 6.07) is 0. The summed E-state index contributed by atoms with van der Waals surface area (Å²) < 4.78 is 0. The van der Waals surface area contributed by atoms with Gasteiger partial charge in [-0.15, -0.1) is 11.8 Å². The first kappa shape index (κ1) is 12.5. The standard InChI is InChI=1S/C10H17NO3S/c1-10(2,3-4-12)7-11-8(13)5-15-6-9(11)14/h12H,3-7H2,1-2H3. The van der Waals surface area contributed by atoms with Gasteiger partial charge in [-0.2, -0.15) is 0 Å². The first-order valence-electron chi connectivity index (χ1n) is 4.98. The maximum absolute atomic E-state index is 11.5. The normalized spacial score (nSPS) is 18.5. The van der Waals surface area contributed by atoms with E-state index >= 15 is 0 Å². The molecule has 1 saturated heterocycles. The summed E-state index contributed by atoms with van der Waals surface area (Å²) in [6.45, 7) is 4.39. The molecular weight excluding hydrogens is 214 g/mol. The average Bonchev–Trinajstić information content (AvgIpc) is 2.11. The minimum atomic E-state index is -0.206.